The second-order valence-corrected chi connectivity index (χ2v) is 7.19. The summed E-state index contributed by atoms with van der Waals surface area (Å²) in [6, 6.07) is 6.13. The molecular formula is C18H27N3. The first-order valence-corrected chi connectivity index (χ1v) is 8.15. The van der Waals surface area contributed by atoms with Crippen LogP contribution in [0.2, 0.25) is 0 Å². The van der Waals surface area contributed by atoms with E-state index in [4.69, 9.17) is 11.1 Å². The zero-order valence-electron chi connectivity index (χ0n) is 13.2. The van der Waals surface area contributed by atoms with Gasteiger partial charge in [0.15, 0.2) is 0 Å². The molecule has 114 valence electrons. The molecule has 0 aliphatic heterocycles. The predicted molar refractivity (Wildman–Crippen MR) is 87.5 cm³/mol. The number of benzene rings is 1. The first-order chi connectivity index (χ1) is 10.0. The quantitative estimate of drug-likeness (QED) is 0.645. The van der Waals surface area contributed by atoms with E-state index < -0.39 is 0 Å². The molecule has 3 rings (SSSR count). The first-order valence-electron chi connectivity index (χ1n) is 8.15. The molecule has 1 aromatic carbocycles. The van der Waals surface area contributed by atoms with Crippen molar-refractivity contribution < 1.29 is 0 Å². The van der Waals surface area contributed by atoms with Gasteiger partial charge in [-0.25, -0.2) is 0 Å². The van der Waals surface area contributed by atoms with E-state index in [-0.39, 0.29) is 5.84 Å². The van der Waals surface area contributed by atoms with Gasteiger partial charge in [-0.05, 0) is 68.2 Å². The van der Waals surface area contributed by atoms with Crippen LogP contribution in [0.5, 0.6) is 0 Å². The maximum Gasteiger partial charge on any atom is 0.122 e. The predicted octanol–water partition coefficient (Wildman–Crippen LogP) is 3.15. The van der Waals surface area contributed by atoms with E-state index in [0.717, 1.165) is 29.9 Å². The lowest BCUT2D eigenvalue weighted by molar-refractivity contribution is 0.214. The lowest BCUT2D eigenvalue weighted by Gasteiger charge is -2.27. The molecule has 0 amide bonds. The Kier molecular flexibility index (Phi) is 4.03. The van der Waals surface area contributed by atoms with Crippen LogP contribution < -0.4 is 5.73 Å². The van der Waals surface area contributed by atoms with Crippen molar-refractivity contribution >= 4 is 5.84 Å². The van der Waals surface area contributed by atoms with E-state index in [0.29, 0.717) is 0 Å². The summed E-state index contributed by atoms with van der Waals surface area (Å²) >= 11 is 0. The van der Waals surface area contributed by atoms with E-state index in [1.165, 1.54) is 43.4 Å². The molecule has 2 bridgehead atoms. The molecule has 0 aromatic heterocycles. The summed E-state index contributed by atoms with van der Waals surface area (Å²) in [5.74, 6) is 3.11. The molecular weight excluding hydrogens is 258 g/mol. The van der Waals surface area contributed by atoms with Gasteiger partial charge in [-0.15, -0.1) is 0 Å². The molecule has 0 spiro atoms. The molecule has 0 heterocycles. The van der Waals surface area contributed by atoms with Crippen LogP contribution in [0.1, 0.15) is 42.4 Å². The van der Waals surface area contributed by atoms with Crippen LogP contribution in [0.3, 0.4) is 0 Å². The number of fused-ring (bicyclic) bond motifs is 2. The molecule has 3 nitrogen and oxygen atoms in total. The van der Waals surface area contributed by atoms with Crippen molar-refractivity contribution in [3.63, 3.8) is 0 Å². The number of nitrogens with two attached hydrogens (primary N) is 1. The maximum absolute atomic E-state index is 7.51. The fourth-order valence-electron chi connectivity index (χ4n) is 4.40. The molecule has 2 saturated carbocycles. The van der Waals surface area contributed by atoms with Crippen LogP contribution in [0.25, 0.3) is 0 Å². The summed E-state index contributed by atoms with van der Waals surface area (Å²) in [4.78, 5) is 2.47. The molecule has 2 aliphatic carbocycles. The number of hydrogen-bond acceptors (Lipinski definition) is 2. The molecule has 2 fully saturated rings. The van der Waals surface area contributed by atoms with Gasteiger partial charge in [-0.2, -0.15) is 0 Å². The van der Waals surface area contributed by atoms with Crippen LogP contribution in [-0.4, -0.2) is 24.3 Å². The highest BCUT2D eigenvalue weighted by molar-refractivity contribution is 5.95. The topological polar surface area (TPSA) is 53.1 Å². The van der Waals surface area contributed by atoms with Gasteiger partial charge >= 0.3 is 0 Å². The Labute approximate surface area is 128 Å². The van der Waals surface area contributed by atoms with E-state index in [2.05, 4.69) is 24.9 Å². The van der Waals surface area contributed by atoms with Crippen LogP contribution in [0, 0.1) is 30.1 Å². The normalized spacial score (nSPS) is 27.5. The third-order valence-electron chi connectivity index (χ3n) is 5.52. The molecule has 2 aliphatic rings. The molecule has 0 radical (unpaired) electrons. The van der Waals surface area contributed by atoms with Gasteiger partial charge in [-0.1, -0.05) is 18.6 Å². The van der Waals surface area contributed by atoms with E-state index in [9.17, 15) is 0 Å². The third kappa shape index (κ3) is 3.13. The van der Waals surface area contributed by atoms with Crippen molar-refractivity contribution in [1.29, 1.82) is 5.41 Å². The van der Waals surface area contributed by atoms with Crippen LogP contribution in [0.15, 0.2) is 18.2 Å². The Hall–Kier alpha value is -1.35. The Balaban J connectivity index is 1.59. The fraction of sp³-hybridized carbons (Fsp3) is 0.611. The third-order valence-corrected chi connectivity index (χ3v) is 5.52. The lowest BCUT2D eigenvalue weighted by Crippen LogP contribution is -2.28. The van der Waals surface area contributed by atoms with Gasteiger partial charge in [0, 0.05) is 18.7 Å². The largest absolute Gasteiger partial charge is 0.384 e. The van der Waals surface area contributed by atoms with Crippen LogP contribution >= 0.6 is 0 Å². The number of nitrogen functional groups attached to an aromatic ring is 1. The molecule has 1 aromatic rings. The van der Waals surface area contributed by atoms with Gasteiger partial charge in [0.1, 0.15) is 5.84 Å². The maximum atomic E-state index is 7.51. The SMILES string of the molecule is Cc1cc(C(=N)N)ccc1CN(C)CC1CC2CCC1C2. The van der Waals surface area contributed by atoms with E-state index >= 15 is 0 Å². The average molecular weight is 285 g/mol. The molecule has 3 N–H and O–H groups in total. The highest BCUT2D eigenvalue weighted by Crippen LogP contribution is 2.48. The van der Waals surface area contributed by atoms with Crippen molar-refractivity contribution in [2.75, 3.05) is 13.6 Å². The molecule has 3 unspecified atom stereocenters. The molecule has 0 saturated heterocycles. The Bertz CT molecular complexity index is 537. The van der Waals surface area contributed by atoms with Crippen molar-refractivity contribution in [3.05, 3.63) is 34.9 Å². The van der Waals surface area contributed by atoms with Gasteiger partial charge in [0.2, 0.25) is 0 Å². The summed E-state index contributed by atoms with van der Waals surface area (Å²) in [5, 5.41) is 7.51. The summed E-state index contributed by atoms with van der Waals surface area (Å²) in [6.45, 7) is 4.35. The number of nitrogens with zero attached hydrogens (tertiary/aromatic N) is 1. The minimum Gasteiger partial charge on any atom is -0.384 e. The zero-order valence-corrected chi connectivity index (χ0v) is 13.2. The van der Waals surface area contributed by atoms with Crippen LogP contribution in [0.4, 0.5) is 0 Å². The molecule has 3 heteroatoms. The highest BCUT2D eigenvalue weighted by atomic mass is 15.1. The average Bonchev–Trinajstić information content (AvgIpc) is 3.03. The van der Waals surface area contributed by atoms with E-state index in [1.807, 2.05) is 12.1 Å². The smallest absolute Gasteiger partial charge is 0.122 e. The Morgan fingerprint density at radius 1 is 1.33 bits per heavy atom. The van der Waals surface area contributed by atoms with Gasteiger partial charge in [0.25, 0.3) is 0 Å². The number of hydrogen-bond donors (Lipinski definition) is 2. The first kappa shape index (κ1) is 14.6. The molecule has 21 heavy (non-hydrogen) atoms. The minimum absolute atomic E-state index is 0.153. The Morgan fingerprint density at radius 3 is 2.71 bits per heavy atom. The van der Waals surface area contributed by atoms with Crippen molar-refractivity contribution in [2.24, 2.45) is 23.5 Å². The minimum atomic E-state index is 0.153. The number of aryl methyl sites for hydroxylation is 1. The number of rotatable bonds is 5. The Morgan fingerprint density at radius 2 is 2.14 bits per heavy atom. The monoisotopic (exact) mass is 285 g/mol. The highest BCUT2D eigenvalue weighted by Gasteiger charge is 2.39. The van der Waals surface area contributed by atoms with Gasteiger partial charge in [0.05, 0.1) is 0 Å². The fourth-order valence-corrected chi connectivity index (χ4v) is 4.40. The number of amidine groups is 1. The second-order valence-electron chi connectivity index (χ2n) is 7.19. The summed E-state index contributed by atoms with van der Waals surface area (Å²) in [5.41, 5.74) is 8.97. The van der Waals surface area contributed by atoms with Gasteiger partial charge in [-0.3, -0.25) is 5.41 Å². The second kappa shape index (κ2) is 5.80. The van der Waals surface area contributed by atoms with E-state index in [1.54, 1.807) is 0 Å². The summed E-state index contributed by atoms with van der Waals surface area (Å²) in [7, 11) is 2.24. The van der Waals surface area contributed by atoms with Crippen molar-refractivity contribution in [3.8, 4) is 0 Å². The number of nitrogens with one attached hydrogen (secondary N) is 1. The molecule has 3 atom stereocenters. The zero-order chi connectivity index (χ0) is 15.0. The lowest BCUT2D eigenvalue weighted by atomic mass is 9.88. The van der Waals surface area contributed by atoms with Crippen molar-refractivity contribution in [1.82, 2.24) is 4.90 Å². The summed E-state index contributed by atoms with van der Waals surface area (Å²) in [6.07, 6.45) is 5.90. The van der Waals surface area contributed by atoms with Crippen LogP contribution in [-0.2, 0) is 6.54 Å². The standard InChI is InChI=1S/C18H27N3/c1-12-7-15(18(19)20)5-6-16(12)10-21(2)11-17-9-13-3-4-14(17)8-13/h5-7,13-14,17H,3-4,8-11H2,1-2H3,(H3,19,20). The van der Waals surface area contributed by atoms with Crippen molar-refractivity contribution in [2.45, 2.75) is 39.2 Å². The summed E-state index contributed by atoms with van der Waals surface area (Å²) < 4.78 is 0. The van der Waals surface area contributed by atoms with Gasteiger partial charge < -0.3 is 10.6 Å².